The van der Waals surface area contributed by atoms with Crippen molar-refractivity contribution in [3.63, 3.8) is 0 Å². The maximum atomic E-state index is 13.8. The van der Waals surface area contributed by atoms with E-state index in [4.69, 9.17) is 11.6 Å². The van der Waals surface area contributed by atoms with Gasteiger partial charge in [-0.2, -0.15) is 0 Å². The van der Waals surface area contributed by atoms with Crippen molar-refractivity contribution in [2.45, 2.75) is 6.92 Å². The van der Waals surface area contributed by atoms with Gasteiger partial charge < -0.3 is 9.80 Å². The van der Waals surface area contributed by atoms with E-state index in [9.17, 15) is 14.0 Å². The Balaban J connectivity index is 1.39. The van der Waals surface area contributed by atoms with Crippen molar-refractivity contribution in [3.8, 4) is 10.6 Å². The lowest BCUT2D eigenvalue weighted by Gasteiger charge is -2.34. The molecule has 154 valence electrons. The number of hydrogen-bond acceptors (Lipinski definition) is 4. The number of amides is 2. The van der Waals surface area contributed by atoms with Crippen LogP contribution in [0.3, 0.4) is 0 Å². The monoisotopic (exact) mass is 443 g/mol. The Bertz CT molecular complexity index is 1090. The van der Waals surface area contributed by atoms with Gasteiger partial charge in [0.15, 0.2) is 0 Å². The van der Waals surface area contributed by atoms with Crippen LogP contribution in [-0.2, 0) is 0 Å². The highest BCUT2D eigenvalue weighted by molar-refractivity contribution is 7.13. The molecule has 1 aromatic heterocycles. The van der Waals surface area contributed by atoms with Crippen molar-refractivity contribution in [1.29, 1.82) is 0 Å². The van der Waals surface area contributed by atoms with Gasteiger partial charge in [-0.15, -0.1) is 11.3 Å². The van der Waals surface area contributed by atoms with Crippen LogP contribution in [0.4, 0.5) is 4.39 Å². The summed E-state index contributed by atoms with van der Waals surface area (Å²) in [7, 11) is 0. The second kappa shape index (κ2) is 8.53. The summed E-state index contributed by atoms with van der Waals surface area (Å²) in [5, 5.41) is 3.15. The van der Waals surface area contributed by atoms with E-state index in [0.29, 0.717) is 48.0 Å². The van der Waals surface area contributed by atoms with E-state index < -0.39 is 5.82 Å². The van der Waals surface area contributed by atoms with Crippen LogP contribution in [0.15, 0.2) is 47.8 Å². The molecule has 1 saturated heterocycles. The van der Waals surface area contributed by atoms with Crippen LogP contribution < -0.4 is 0 Å². The van der Waals surface area contributed by atoms with Gasteiger partial charge in [0.1, 0.15) is 16.5 Å². The molecule has 0 atom stereocenters. The number of aromatic nitrogens is 1. The van der Waals surface area contributed by atoms with E-state index in [2.05, 4.69) is 4.98 Å². The maximum absolute atomic E-state index is 13.8. The summed E-state index contributed by atoms with van der Waals surface area (Å²) >= 11 is 7.32. The van der Waals surface area contributed by atoms with Gasteiger partial charge >= 0.3 is 0 Å². The third-order valence-electron chi connectivity index (χ3n) is 5.09. The molecule has 4 rings (SSSR count). The molecule has 0 saturated carbocycles. The van der Waals surface area contributed by atoms with Crippen LogP contribution in [0.25, 0.3) is 10.6 Å². The summed E-state index contributed by atoms with van der Waals surface area (Å²) in [5.74, 6) is -0.769. The second-order valence-corrected chi connectivity index (χ2v) is 8.39. The van der Waals surface area contributed by atoms with Crippen molar-refractivity contribution < 1.29 is 14.0 Å². The first kappa shape index (κ1) is 20.5. The Morgan fingerprint density at radius 2 is 1.63 bits per heavy atom. The predicted molar refractivity (Wildman–Crippen MR) is 116 cm³/mol. The lowest BCUT2D eigenvalue weighted by atomic mass is 10.1. The highest BCUT2D eigenvalue weighted by Crippen LogP contribution is 2.26. The zero-order chi connectivity index (χ0) is 21.3. The molecular weight excluding hydrogens is 425 g/mol. The first-order valence-corrected chi connectivity index (χ1v) is 10.7. The molecule has 2 amide bonds. The Morgan fingerprint density at radius 3 is 2.27 bits per heavy atom. The molecule has 0 aliphatic carbocycles. The summed E-state index contributed by atoms with van der Waals surface area (Å²) in [6.07, 6.45) is 0. The van der Waals surface area contributed by atoms with Crippen LogP contribution in [0, 0.1) is 12.7 Å². The topological polar surface area (TPSA) is 53.5 Å². The standard InChI is InChI=1S/C22H19ClFN3O2S/c1-14-2-3-16(12-18(14)24)21(28)26-8-10-27(11-9-26)22(29)19-13-30-20(25-19)15-4-6-17(23)7-5-15/h2-7,12-13H,8-11H2,1H3. The largest absolute Gasteiger partial charge is 0.335 e. The minimum Gasteiger partial charge on any atom is -0.335 e. The number of hydrogen-bond donors (Lipinski definition) is 0. The van der Waals surface area contributed by atoms with Gasteiger partial charge in [-0.3, -0.25) is 9.59 Å². The fourth-order valence-electron chi connectivity index (χ4n) is 3.28. The fraction of sp³-hybridized carbons (Fsp3) is 0.227. The molecule has 0 N–H and O–H groups in total. The molecule has 2 aromatic carbocycles. The number of piperazine rings is 1. The van der Waals surface area contributed by atoms with Gasteiger partial charge in [0, 0.05) is 47.7 Å². The first-order valence-electron chi connectivity index (χ1n) is 9.48. The molecule has 1 aliphatic rings. The molecule has 30 heavy (non-hydrogen) atoms. The summed E-state index contributed by atoms with van der Waals surface area (Å²) in [4.78, 5) is 33.3. The highest BCUT2D eigenvalue weighted by atomic mass is 35.5. The quantitative estimate of drug-likeness (QED) is 0.598. The molecular formula is C22H19ClFN3O2S. The zero-order valence-corrected chi connectivity index (χ0v) is 17.8. The summed E-state index contributed by atoms with van der Waals surface area (Å²) in [5.41, 5.74) is 2.13. The van der Waals surface area contributed by atoms with Crippen molar-refractivity contribution in [2.24, 2.45) is 0 Å². The number of benzene rings is 2. The van der Waals surface area contributed by atoms with E-state index in [-0.39, 0.29) is 11.8 Å². The lowest BCUT2D eigenvalue weighted by Crippen LogP contribution is -2.50. The molecule has 0 bridgehead atoms. The molecule has 2 heterocycles. The average Bonchev–Trinajstić information content (AvgIpc) is 3.25. The van der Waals surface area contributed by atoms with E-state index >= 15 is 0 Å². The molecule has 0 unspecified atom stereocenters. The molecule has 0 radical (unpaired) electrons. The third-order valence-corrected chi connectivity index (χ3v) is 6.23. The van der Waals surface area contributed by atoms with Crippen molar-refractivity contribution in [1.82, 2.24) is 14.8 Å². The second-order valence-electron chi connectivity index (χ2n) is 7.09. The minimum atomic E-state index is -0.394. The Morgan fingerprint density at radius 1 is 1.00 bits per heavy atom. The number of halogens is 2. The number of carbonyl (C=O) groups excluding carboxylic acids is 2. The minimum absolute atomic E-state index is 0.153. The van der Waals surface area contributed by atoms with E-state index in [1.54, 1.807) is 46.4 Å². The van der Waals surface area contributed by atoms with E-state index in [0.717, 1.165) is 10.6 Å². The molecule has 8 heteroatoms. The van der Waals surface area contributed by atoms with Crippen LogP contribution in [0.2, 0.25) is 5.02 Å². The highest BCUT2D eigenvalue weighted by Gasteiger charge is 2.27. The SMILES string of the molecule is Cc1ccc(C(=O)N2CCN(C(=O)c3csc(-c4ccc(Cl)cc4)n3)CC2)cc1F. The van der Waals surface area contributed by atoms with Crippen LogP contribution in [0.1, 0.15) is 26.4 Å². The third kappa shape index (κ3) is 4.22. The Kier molecular flexibility index (Phi) is 5.83. The molecule has 0 spiro atoms. The summed E-state index contributed by atoms with van der Waals surface area (Å²) in [6, 6.07) is 11.8. The number of aryl methyl sites for hydroxylation is 1. The van der Waals surface area contributed by atoms with Crippen LogP contribution in [0.5, 0.6) is 0 Å². The predicted octanol–water partition coefficient (Wildman–Crippen LogP) is 4.51. The number of nitrogens with zero attached hydrogens (tertiary/aromatic N) is 3. The summed E-state index contributed by atoms with van der Waals surface area (Å²) in [6.45, 7) is 3.27. The van der Waals surface area contributed by atoms with Gasteiger partial charge in [-0.1, -0.05) is 29.8 Å². The zero-order valence-electron chi connectivity index (χ0n) is 16.3. The normalized spacial score (nSPS) is 14.1. The lowest BCUT2D eigenvalue weighted by molar-refractivity contribution is 0.0532. The average molecular weight is 444 g/mol. The van der Waals surface area contributed by atoms with Gasteiger partial charge in [0.25, 0.3) is 11.8 Å². The fourth-order valence-corrected chi connectivity index (χ4v) is 4.21. The summed E-state index contributed by atoms with van der Waals surface area (Å²) < 4.78 is 13.8. The number of rotatable bonds is 3. The van der Waals surface area contributed by atoms with Crippen LogP contribution >= 0.6 is 22.9 Å². The first-order chi connectivity index (χ1) is 14.4. The van der Waals surface area contributed by atoms with E-state index in [1.165, 1.54) is 17.4 Å². The molecule has 5 nitrogen and oxygen atoms in total. The van der Waals surface area contributed by atoms with Crippen LogP contribution in [-0.4, -0.2) is 52.8 Å². The van der Waals surface area contributed by atoms with Crippen molar-refractivity contribution in [3.05, 3.63) is 75.5 Å². The number of carbonyl (C=O) groups is 2. The number of thiazole rings is 1. The Hall–Kier alpha value is -2.77. The smallest absolute Gasteiger partial charge is 0.273 e. The molecule has 3 aromatic rings. The van der Waals surface area contributed by atoms with Gasteiger partial charge in [0.05, 0.1) is 0 Å². The van der Waals surface area contributed by atoms with E-state index in [1.807, 2.05) is 12.1 Å². The van der Waals surface area contributed by atoms with Gasteiger partial charge in [-0.05, 0) is 36.8 Å². The van der Waals surface area contributed by atoms with Gasteiger partial charge in [-0.25, -0.2) is 9.37 Å². The maximum Gasteiger partial charge on any atom is 0.273 e. The Labute approximate surface area is 182 Å². The van der Waals surface area contributed by atoms with Crippen molar-refractivity contribution >= 4 is 34.8 Å². The van der Waals surface area contributed by atoms with Gasteiger partial charge in [0.2, 0.25) is 0 Å². The van der Waals surface area contributed by atoms with Crippen molar-refractivity contribution in [2.75, 3.05) is 26.2 Å². The molecule has 1 aliphatic heterocycles. The molecule has 1 fully saturated rings.